The van der Waals surface area contributed by atoms with Crippen LogP contribution in [0.1, 0.15) is 76.1 Å². The Labute approximate surface area is 322 Å². The fourth-order valence-corrected chi connectivity index (χ4v) is 8.00. The maximum absolute atomic E-state index is 15.7. The number of amides is 4. The van der Waals surface area contributed by atoms with Gasteiger partial charge >= 0.3 is 12.2 Å². The van der Waals surface area contributed by atoms with E-state index in [0.717, 1.165) is 30.6 Å². The first-order chi connectivity index (χ1) is 26.9. The van der Waals surface area contributed by atoms with Gasteiger partial charge in [-0.3, -0.25) is 14.5 Å². The van der Waals surface area contributed by atoms with Gasteiger partial charge in [0.15, 0.2) is 0 Å². The quantitative estimate of drug-likeness (QED) is 0.133. The van der Waals surface area contributed by atoms with Crippen LogP contribution in [0.2, 0.25) is 0 Å². The van der Waals surface area contributed by atoms with Crippen molar-refractivity contribution in [2.45, 2.75) is 76.5 Å². The molecular formula is C40H46F2N8O6. The summed E-state index contributed by atoms with van der Waals surface area (Å²) in [5, 5.41) is 12.2. The predicted molar refractivity (Wildman–Crippen MR) is 201 cm³/mol. The Morgan fingerprint density at radius 1 is 0.839 bits per heavy atom. The zero-order valence-electron chi connectivity index (χ0n) is 31.7. The molecule has 2 aliphatic heterocycles. The lowest BCUT2D eigenvalue weighted by atomic mass is 10.00. The summed E-state index contributed by atoms with van der Waals surface area (Å²) in [5.41, 5.74) is 2.28. The first kappa shape index (κ1) is 38.5. The molecule has 4 amide bonds. The molecule has 2 aromatic heterocycles. The number of benzene rings is 2. The number of carboxylic acid groups (broad SMARTS) is 1. The van der Waals surface area contributed by atoms with Crippen molar-refractivity contribution in [2.75, 3.05) is 27.2 Å². The Bertz CT molecular complexity index is 2130. The van der Waals surface area contributed by atoms with Gasteiger partial charge in [-0.25, -0.2) is 28.3 Å². The number of likely N-dealkylation sites (tertiary alicyclic amines) is 2. The molecule has 1 saturated carbocycles. The van der Waals surface area contributed by atoms with Crippen molar-refractivity contribution in [2.24, 2.45) is 11.8 Å². The average molecular weight is 773 g/mol. The largest absolute Gasteiger partial charge is 0.465 e. The molecule has 0 spiro atoms. The third-order valence-corrected chi connectivity index (χ3v) is 11.2. The number of halogens is 2. The van der Waals surface area contributed by atoms with Gasteiger partial charge in [0.2, 0.25) is 11.8 Å². The van der Waals surface area contributed by atoms with E-state index in [0.29, 0.717) is 60.1 Å². The standard InChI is InChI=1S/C40H46F2N8O6/c1-21(2)33(47-39(53)56-4)37(51)49-15-5-7-31(49)35-43-19-29(45-35)25-13-11-23(17-27(25)41)24-12-14-26(28(42)18-24)30-20-44-36(46-30)32-8-6-16-50(32)38(52)34(22-9-10-22)48(3)40(54)55/h11-14,17-22,31-34H,5-10,15-16H2,1-4H3,(H,43,45)(H,44,46)(H,47,53)(H,54,55)/t31-,32-,33-,34-/m0/s1. The van der Waals surface area contributed by atoms with Crippen LogP contribution < -0.4 is 5.32 Å². The fraction of sp³-hybridized carbons (Fsp3) is 0.450. The van der Waals surface area contributed by atoms with Gasteiger partial charge < -0.3 is 34.9 Å². The number of H-pyrrole nitrogens is 2. The molecule has 16 heteroatoms. The molecule has 14 nitrogen and oxygen atoms in total. The van der Waals surface area contributed by atoms with E-state index in [9.17, 15) is 24.3 Å². The SMILES string of the molecule is COC(=O)N[C@H](C(=O)N1CCC[C@H]1c1ncc(-c2ccc(-c3ccc(-c4cnc([C@@H]5CCCN5C(=O)[C@H](C5CC5)N(C)C(=O)O)[nH]4)c(F)c3)cc2F)[nH]1)C(C)C. The minimum absolute atomic E-state index is 0.00195. The zero-order valence-corrected chi connectivity index (χ0v) is 31.7. The zero-order chi connectivity index (χ0) is 39.8. The summed E-state index contributed by atoms with van der Waals surface area (Å²) in [7, 11) is 2.67. The van der Waals surface area contributed by atoms with Gasteiger partial charge in [-0.05, 0) is 85.8 Å². The molecule has 0 bridgehead atoms. The highest BCUT2D eigenvalue weighted by Crippen LogP contribution is 2.40. The van der Waals surface area contributed by atoms with E-state index < -0.39 is 35.9 Å². The Kier molecular flexibility index (Phi) is 10.8. The molecule has 56 heavy (non-hydrogen) atoms. The first-order valence-corrected chi connectivity index (χ1v) is 19.0. The number of rotatable bonds is 11. The molecule has 0 radical (unpaired) electrons. The lowest BCUT2D eigenvalue weighted by Gasteiger charge is -2.31. The number of carbonyl (C=O) groups excluding carboxylic acids is 3. The van der Waals surface area contributed by atoms with Crippen molar-refractivity contribution in [3.63, 3.8) is 0 Å². The minimum atomic E-state index is -1.15. The van der Waals surface area contributed by atoms with Crippen LogP contribution in [0.25, 0.3) is 33.6 Å². The Balaban J connectivity index is 1.05. The molecular weight excluding hydrogens is 726 g/mol. The van der Waals surface area contributed by atoms with Crippen molar-refractivity contribution in [3.8, 4) is 33.6 Å². The highest BCUT2D eigenvalue weighted by molar-refractivity contribution is 5.87. The summed E-state index contributed by atoms with van der Waals surface area (Å²) in [6.45, 7) is 4.64. The molecule has 1 aliphatic carbocycles. The third kappa shape index (κ3) is 7.56. The number of likely N-dealkylation sites (N-methyl/N-ethyl adjacent to an activating group) is 1. The first-order valence-electron chi connectivity index (χ1n) is 19.0. The number of imidazole rings is 2. The van der Waals surface area contributed by atoms with Crippen molar-refractivity contribution in [3.05, 3.63) is 72.1 Å². The highest BCUT2D eigenvalue weighted by atomic mass is 19.1. The second-order valence-corrected chi connectivity index (χ2v) is 15.2. The third-order valence-electron chi connectivity index (χ3n) is 11.2. The number of aromatic nitrogens is 4. The lowest BCUT2D eigenvalue weighted by Crippen LogP contribution is -2.51. The molecule has 4 atom stereocenters. The predicted octanol–water partition coefficient (Wildman–Crippen LogP) is 6.51. The normalized spacial score (nSPS) is 19.3. The van der Waals surface area contributed by atoms with Crippen molar-refractivity contribution < 1.29 is 37.8 Å². The van der Waals surface area contributed by atoms with Crippen LogP contribution in [-0.2, 0) is 14.3 Å². The number of aromatic amines is 2. The average Bonchev–Trinajstić information content (AvgIpc) is 3.66. The second kappa shape index (κ2) is 15.7. The molecule has 0 unspecified atom stereocenters. The molecule has 4 aromatic rings. The van der Waals surface area contributed by atoms with Crippen LogP contribution in [0, 0.1) is 23.5 Å². The smallest absolute Gasteiger partial charge is 0.407 e. The maximum Gasteiger partial charge on any atom is 0.407 e. The number of nitrogens with zero attached hydrogens (tertiary/aromatic N) is 5. The molecule has 2 saturated heterocycles. The summed E-state index contributed by atoms with van der Waals surface area (Å²) in [5.74, 6) is -0.743. The van der Waals surface area contributed by atoms with Gasteiger partial charge in [0, 0.05) is 31.3 Å². The summed E-state index contributed by atoms with van der Waals surface area (Å²) in [6.07, 6.45) is 5.58. The van der Waals surface area contributed by atoms with Gasteiger partial charge in [-0.1, -0.05) is 26.0 Å². The van der Waals surface area contributed by atoms with Crippen LogP contribution in [0.15, 0.2) is 48.8 Å². The Morgan fingerprint density at radius 3 is 1.77 bits per heavy atom. The van der Waals surface area contributed by atoms with Gasteiger partial charge in [0.05, 0.1) is 43.0 Å². The van der Waals surface area contributed by atoms with Gasteiger partial charge in [0.1, 0.15) is 35.4 Å². The number of hydrogen-bond donors (Lipinski definition) is 4. The van der Waals surface area contributed by atoms with E-state index in [4.69, 9.17) is 4.74 Å². The number of alkyl carbamates (subject to hydrolysis) is 1. The fourth-order valence-electron chi connectivity index (χ4n) is 8.00. The van der Waals surface area contributed by atoms with Gasteiger partial charge in [0.25, 0.3) is 0 Å². The molecule has 4 heterocycles. The van der Waals surface area contributed by atoms with E-state index in [1.165, 1.54) is 38.7 Å². The summed E-state index contributed by atoms with van der Waals surface area (Å²) in [6, 6.07) is 6.95. The van der Waals surface area contributed by atoms with Crippen LogP contribution in [0.3, 0.4) is 0 Å². The molecule has 2 aromatic carbocycles. The van der Waals surface area contributed by atoms with E-state index in [1.54, 1.807) is 34.1 Å². The molecule has 296 valence electrons. The van der Waals surface area contributed by atoms with Crippen molar-refractivity contribution in [1.82, 2.24) is 40.0 Å². The number of nitrogens with one attached hydrogen (secondary N) is 3. The topological polar surface area (TPSA) is 177 Å². The van der Waals surface area contributed by atoms with Crippen molar-refractivity contribution in [1.29, 1.82) is 0 Å². The Morgan fingerprint density at radius 2 is 1.34 bits per heavy atom. The lowest BCUT2D eigenvalue weighted by molar-refractivity contribution is -0.138. The monoisotopic (exact) mass is 772 g/mol. The van der Waals surface area contributed by atoms with E-state index in [2.05, 4.69) is 25.3 Å². The van der Waals surface area contributed by atoms with Gasteiger partial charge in [-0.2, -0.15) is 0 Å². The number of hydrogen-bond acceptors (Lipinski definition) is 7. The second-order valence-electron chi connectivity index (χ2n) is 15.2. The number of carbonyl (C=O) groups is 4. The summed E-state index contributed by atoms with van der Waals surface area (Å²) < 4.78 is 36.1. The molecule has 3 fully saturated rings. The maximum atomic E-state index is 15.7. The number of ether oxygens (including phenoxy) is 1. The van der Waals surface area contributed by atoms with Crippen LogP contribution in [-0.4, -0.2) is 103 Å². The molecule has 3 aliphatic rings. The number of methoxy groups -OCH3 is 1. The summed E-state index contributed by atoms with van der Waals surface area (Å²) in [4.78, 5) is 70.6. The molecule has 7 rings (SSSR count). The Hall–Kier alpha value is -5.80. The van der Waals surface area contributed by atoms with E-state index >= 15 is 8.78 Å². The highest BCUT2D eigenvalue weighted by Gasteiger charge is 2.45. The van der Waals surface area contributed by atoms with E-state index in [1.807, 2.05) is 13.8 Å². The van der Waals surface area contributed by atoms with Gasteiger partial charge in [-0.15, -0.1) is 0 Å². The van der Waals surface area contributed by atoms with Crippen molar-refractivity contribution >= 4 is 24.0 Å². The van der Waals surface area contributed by atoms with Crippen LogP contribution >= 0.6 is 0 Å². The minimum Gasteiger partial charge on any atom is -0.465 e. The van der Waals surface area contributed by atoms with Crippen LogP contribution in [0.4, 0.5) is 18.4 Å². The van der Waals surface area contributed by atoms with E-state index in [-0.39, 0.29) is 46.9 Å². The van der Waals surface area contributed by atoms with Crippen LogP contribution in [0.5, 0.6) is 0 Å². The molecule has 4 N–H and O–H groups in total. The summed E-state index contributed by atoms with van der Waals surface area (Å²) >= 11 is 0.